The van der Waals surface area contributed by atoms with Gasteiger partial charge in [-0.1, -0.05) is 0 Å². The molecule has 1 aromatic heterocycles. The first-order chi connectivity index (χ1) is 14.6. The highest BCUT2D eigenvalue weighted by Crippen LogP contribution is 2.35. The normalized spacial score (nSPS) is 24.6. The van der Waals surface area contributed by atoms with Gasteiger partial charge in [0, 0.05) is 56.9 Å². The molecule has 0 unspecified atom stereocenters. The molecule has 2 saturated heterocycles. The lowest BCUT2D eigenvalue weighted by molar-refractivity contribution is -0.136. The van der Waals surface area contributed by atoms with Crippen LogP contribution in [0.25, 0.3) is 0 Å². The molecule has 2 aliphatic heterocycles. The highest BCUT2D eigenvalue weighted by molar-refractivity contribution is 5.93. The Morgan fingerprint density at radius 1 is 1.17 bits per heavy atom. The van der Waals surface area contributed by atoms with Crippen LogP contribution < -0.4 is 10.1 Å². The molecule has 1 aliphatic carbocycles. The number of likely N-dealkylation sites (tertiary alicyclic amines) is 1. The summed E-state index contributed by atoms with van der Waals surface area (Å²) < 4.78 is 10.4. The van der Waals surface area contributed by atoms with Crippen LogP contribution in [0.1, 0.15) is 42.5 Å². The molecule has 2 atom stereocenters. The van der Waals surface area contributed by atoms with Crippen molar-refractivity contribution in [2.24, 2.45) is 5.92 Å². The van der Waals surface area contributed by atoms with Crippen LogP contribution in [0.15, 0.2) is 18.3 Å². The van der Waals surface area contributed by atoms with E-state index in [0.717, 1.165) is 25.3 Å². The zero-order valence-electron chi connectivity index (χ0n) is 17.7. The Bertz CT molecular complexity index is 731. The average Bonchev–Trinajstić information content (AvgIpc) is 3.54. The number of carbonyl (C=O) groups excluding carboxylic acids is 2. The number of amides is 2. The summed E-state index contributed by atoms with van der Waals surface area (Å²) in [5, 5.41) is 3.07. The van der Waals surface area contributed by atoms with E-state index < -0.39 is 0 Å². The molecule has 3 fully saturated rings. The van der Waals surface area contributed by atoms with Gasteiger partial charge in [-0.25, -0.2) is 4.98 Å². The van der Waals surface area contributed by atoms with Gasteiger partial charge in [0.2, 0.25) is 11.8 Å². The fourth-order valence-electron chi connectivity index (χ4n) is 4.44. The lowest BCUT2D eigenvalue weighted by atomic mass is 10.1. The second-order valence-corrected chi connectivity index (χ2v) is 8.52. The molecule has 8 nitrogen and oxygen atoms in total. The van der Waals surface area contributed by atoms with Gasteiger partial charge in [0.05, 0.1) is 25.9 Å². The largest absolute Gasteiger partial charge is 0.481 e. The first-order valence-electron chi connectivity index (χ1n) is 11.0. The van der Waals surface area contributed by atoms with Crippen LogP contribution in [0.4, 0.5) is 0 Å². The summed E-state index contributed by atoms with van der Waals surface area (Å²) in [6, 6.07) is 3.97. The van der Waals surface area contributed by atoms with Gasteiger partial charge >= 0.3 is 0 Å². The molecule has 4 rings (SSSR count). The zero-order chi connectivity index (χ0) is 20.9. The summed E-state index contributed by atoms with van der Waals surface area (Å²) in [5.41, 5.74) is 0.529. The number of nitrogens with one attached hydrogen (secondary N) is 1. The predicted molar refractivity (Wildman–Crippen MR) is 111 cm³/mol. The van der Waals surface area contributed by atoms with Gasteiger partial charge in [-0.15, -0.1) is 0 Å². The summed E-state index contributed by atoms with van der Waals surface area (Å²) in [7, 11) is 1.55. The highest BCUT2D eigenvalue weighted by atomic mass is 16.5. The van der Waals surface area contributed by atoms with E-state index in [1.807, 2.05) is 4.90 Å². The Balaban J connectivity index is 1.32. The van der Waals surface area contributed by atoms with Crippen LogP contribution in [0, 0.1) is 5.92 Å². The van der Waals surface area contributed by atoms with E-state index in [9.17, 15) is 9.59 Å². The van der Waals surface area contributed by atoms with Crippen molar-refractivity contribution in [2.45, 2.75) is 44.2 Å². The molecule has 3 heterocycles. The number of nitrogens with zero attached hydrogens (tertiary/aromatic N) is 3. The lowest BCUT2D eigenvalue weighted by Gasteiger charge is -2.33. The topological polar surface area (TPSA) is 84.0 Å². The van der Waals surface area contributed by atoms with Gasteiger partial charge in [0.25, 0.3) is 5.91 Å². The molecule has 30 heavy (non-hydrogen) atoms. The van der Waals surface area contributed by atoms with Gasteiger partial charge in [0.15, 0.2) is 0 Å². The Hall–Kier alpha value is -2.19. The quantitative estimate of drug-likeness (QED) is 0.688. The number of hydrogen-bond acceptors (Lipinski definition) is 6. The number of aromatic nitrogens is 1. The highest BCUT2D eigenvalue weighted by Gasteiger charge is 2.38. The minimum Gasteiger partial charge on any atom is -0.481 e. The number of methoxy groups -OCH3 is 1. The van der Waals surface area contributed by atoms with E-state index in [4.69, 9.17) is 9.47 Å². The maximum absolute atomic E-state index is 12.8. The molecule has 0 bridgehead atoms. The van der Waals surface area contributed by atoms with Gasteiger partial charge < -0.3 is 19.7 Å². The number of morpholine rings is 1. The molecule has 3 aliphatic rings. The molecule has 0 radical (unpaired) electrons. The second-order valence-electron chi connectivity index (χ2n) is 8.52. The summed E-state index contributed by atoms with van der Waals surface area (Å²) in [6.07, 6.45) is 6.67. The Labute approximate surface area is 177 Å². The maximum atomic E-state index is 12.8. The molecule has 1 N–H and O–H groups in total. The van der Waals surface area contributed by atoms with Crippen molar-refractivity contribution < 1.29 is 19.1 Å². The van der Waals surface area contributed by atoms with Crippen molar-refractivity contribution >= 4 is 11.8 Å². The second kappa shape index (κ2) is 9.75. The molecule has 8 heteroatoms. The smallest absolute Gasteiger partial charge is 0.252 e. The predicted octanol–water partition coefficient (Wildman–Crippen LogP) is 1.31. The van der Waals surface area contributed by atoms with E-state index in [0.29, 0.717) is 50.7 Å². The first-order valence-corrected chi connectivity index (χ1v) is 11.0. The van der Waals surface area contributed by atoms with E-state index in [1.165, 1.54) is 19.0 Å². The van der Waals surface area contributed by atoms with Crippen molar-refractivity contribution in [2.75, 3.05) is 46.5 Å². The molecular weight excluding hydrogens is 384 g/mol. The minimum absolute atomic E-state index is 0.121. The summed E-state index contributed by atoms with van der Waals surface area (Å²) in [5.74, 6) is 1.35. The fourth-order valence-corrected chi connectivity index (χ4v) is 4.44. The van der Waals surface area contributed by atoms with E-state index >= 15 is 0 Å². The zero-order valence-corrected chi connectivity index (χ0v) is 17.7. The first kappa shape index (κ1) is 21.1. The van der Waals surface area contributed by atoms with Crippen LogP contribution in [0.3, 0.4) is 0 Å². The fraction of sp³-hybridized carbons (Fsp3) is 0.682. The summed E-state index contributed by atoms with van der Waals surface area (Å²) in [4.78, 5) is 33.8. The van der Waals surface area contributed by atoms with Crippen molar-refractivity contribution in [1.82, 2.24) is 20.1 Å². The van der Waals surface area contributed by atoms with Crippen molar-refractivity contribution in [3.8, 4) is 5.88 Å². The maximum Gasteiger partial charge on any atom is 0.252 e. The van der Waals surface area contributed by atoms with Crippen molar-refractivity contribution in [1.29, 1.82) is 0 Å². The number of carbonyl (C=O) groups is 2. The number of pyridine rings is 1. The van der Waals surface area contributed by atoms with Crippen LogP contribution in [0.2, 0.25) is 0 Å². The number of rotatable bonds is 8. The molecular formula is C22H32N4O4. The van der Waals surface area contributed by atoms with Gasteiger partial charge in [-0.05, 0) is 37.7 Å². The van der Waals surface area contributed by atoms with E-state index in [1.54, 1.807) is 19.2 Å². The Kier molecular flexibility index (Phi) is 6.84. The van der Waals surface area contributed by atoms with Crippen molar-refractivity contribution in [3.63, 3.8) is 0 Å². The van der Waals surface area contributed by atoms with Gasteiger partial charge in [-0.2, -0.15) is 0 Å². The number of hydrogen-bond donors (Lipinski definition) is 1. The third kappa shape index (κ3) is 5.29. The Morgan fingerprint density at radius 3 is 2.60 bits per heavy atom. The van der Waals surface area contributed by atoms with Crippen LogP contribution in [0.5, 0.6) is 5.88 Å². The van der Waals surface area contributed by atoms with E-state index in [-0.39, 0.29) is 23.9 Å². The third-order valence-electron chi connectivity index (χ3n) is 6.42. The standard InChI is InChI=1S/C22H32N4O4/c1-29-20-7-4-17(13-23-20)22(28)24-14-19-6-5-18(26(19)15-16-2-3-16)12-21(27)25-8-10-30-11-9-25/h4,7,13,16,18-19H,2-3,5-6,8-12,14-15H2,1H3,(H,24,28)/t18-,19+/m1/s1. The van der Waals surface area contributed by atoms with Gasteiger partial charge in [0.1, 0.15) is 0 Å². The lowest BCUT2D eigenvalue weighted by Crippen LogP contribution is -2.47. The van der Waals surface area contributed by atoms with Gasteiger partial charge in [-0.3, -0.25) is 14.5 Å². The molecule has 0 aromatic carbocycles. The monoisotopic (exact) mass is 416 g/mol. The molecule has 1 saturated carbocycles. The molecule has 1 aromatic rings. The van der Waals surface area contributed by atoms with Crippen molar-refractivity contribution in [3.05, 3.63) is 23.9 Å². The Morgan fingerprint density at radius 2 is 1.93 bits per heavy atom. The minimum atomic E-state index is -0.121. The SMILES string of the molecule is COc1ccc(C(=O)NC[C@@H]2CC[C@H](CC(=O)N3CCOCC3)N2CC2CC2)cn1. The van der Waals surface area contributed by atoms with Crippen LogP contribution in [-0.4, -0.2) is 85.2 Å². The summed E-state index contributed by atoms with van der Waals surface area (Å²) >= 11 is 0. The number of ether oxygens (including phenoxy) is 2. The summed E-state index contributed by atoms with van der Waals surface area (Å²) in [6.45, 7) is 4.30. The average molecular weight is 417 g/mol. The molecule has 2 amide bonds. The van der Waals surface area contributed by atoms with E-state index in [2.05, 4.69) is 15.2 Å². The molecule has 0 spiro atoms. The third-order valence-corrected chi connectivity index (χ3v) is 6.42. The van der Waals surface area contributed by atoms with Crippen LogP contribution >= 0.6 is 0 Å². The van der Waals surface area contributed by atoms with Crippen LogP contribution in [-0.2, 0) is 9.53 Å². The molecule has 164 valence electrons.